The molecule has 0 spiro atoms. The normalized spacial score (nSPS) is 10.9. The van der Waals surface area contributed by atoms with Crippen molar-refractivity contribution in [1.29, 1.82) is 0 Å². The highest BCUT2D eigenvalue weighted by Crippen LogP contribution is 2.36. The van der Waals surface area contributed by atoms with E-state index in [0.717, 1.165) is 0 Å². The van der Waals surface area contributed by atoms with Gasteiger partial charge < -0.3 is 10.4 Å². The highest BCUT2D eigenvalue weighted by atomic mass is 35.5. The van der Waals surface area contributed by atoms with Crippen molar-refractivity contribution >= 4 is 58.2 Å². The van der Waals surface area contributed by atoms with Crippen molar-refractivity contribution in [3.8, 4) is 10.4 Å². The standard InChI is InChI=1S/C20H13Cl2NO3S/c21-14-8-5-13(6-9-14)19-18(20(25)26)16(11-27-19)23-17(24)10-7-12-3-1-2-4-15(12)22/h1-11H,(H,23,24)(H,25,26)/b10-7+. The minimum absolute atomic E-state index is 0.0433. The summed E-state index contributed by atoms with van der Waals surface area (Å²) in [7, 11) is 0. The van der Waals surface area contributed by atoms with Crippen LogP contribution in [0.4, 0.5) is 5.69 Å². The van der Waals surface area contributed by atoms with Gasteiger partial charge in [-0.25, -0.2) is 4.79 Å². The summed E-state index contributed by atoms with van der Waals surface area (Å²) >= 11 is 13.2. The Labute approximate surface area is 169 Å². The van der Waals surface area contributed by atoms with Crippen molar-refractivity contribution in [2.45, 2.75) is 0 Å². The first-order chi connectivity index (χ1) is 13.0. The van der Waals surface area contributed by atoms with E-state index in [-0.39, 0.29) is 11.3 Å². The van der Waals surface area contributed by atoms with E-state index in [1.165, 1.54) is 17.4 Å². The summed E-state index contributed by atoms with van der Waals surface area (Å²) in [6, 6.07) is 14.0. The van der Waals surface area contributed by atoms with Crippen LogP contribution >= 0.6 is 34.5 Å². The number of hydrogen-bond donors (Lipinski definition) is 2. The molecule has 0 saturated heterocycles. The van der Waals surface area contributed by atoms with Gasteiger partial charge in [-0.1, -0.05) is 53.5 Å². The van der Waals surface area contributed by atoms with Gasteiger partial charge in [-0.3, -0.25) is 4.79 Å². The van der Waals surface area contributed by atoms with Gasteiger partial charge in [-0.05, 0) is 35.4 Å². The Morgan fingerprint density at radius 3 is 2.41 bits per heavy atom. The van der Waals surface area contributed by atoms with Crippen LogP contribution in [0.3, 0.4) is 0 Å². The molecule has 4 nitrogen and oxygen atoms in total. The predicted molar refractivity (Wildman–Crippen MR) is 111 cm³/mol. The molecule has 1 aromatic heterocycles. The zero-order chi connectivity index (χ0) is 19.4. The largest absolute Gasteiger partial charge is 0.478 e. The number of hydrogen-bond acceptors (Lipinski definition) is 3. The maximum absolute atomic E-state index is 12.2. The van der Waals surface area contributed by atoms with E-state index >= 15 is 0 Å². The summed E-state index contributed by atoms with van der Waals surface area (Å²) in [4.78, 5) is 24.5. The summed E-state index contributed by atoms with van der Waals surface area (Å²) in [5.41, 5.74) is 1.70. The van der Waals surface area contributed by atoms with E-state index in [1.807, 2.05) is 6.07 Å². The number of aromatic carboxylic acids is 1. The molecule has 3 aromatic rings. The number of anilines is 1. The molecule has 2 N–H and O–H groups in total. The first kappa shape index (κ1) is 19.2. The van der Waals surface area contributed by atoms with Crippen molar-refractivity contribution in [3.05, 3.63) is 81.2 Å². The van der Waals surface area contributed by atoms with Gasteiger partial charge in [0.15, 0.2) is 0 Å². The molecule has 3 rings (SSSR count). The third-order valence-electron chi connectivity index (χ3n) is 3.69. The molecular formula is C20H13Cl2NO3S. The van der Waals surface area contributed by atoms with Crippen LogP contribution < -0.4 is 5.32 Å². The molecule has 0 unspecified atom stereocenters. The van der Waals surface area contributed by atoms with Gasteiger partial charge in [0.25, 0.3) is 0 Å². The second-order valence-corrected chi connectivity index (χ2v) is 7.23. The van der Waals surface area contributed by atoms with E-state index in [1.54, 1.807) is 53.9 Å². The first-order valence-corrected chi connectivity index (χ1v) is 9.43. The van der Waals surface area contributed by atoms with Crippen molar-refractivity contribution in [2.75, 3.05) is 5.32 Å². The number of carbonyl (C=O) groups excluding carboxylic acids is 1. The lowest BCUT2D eigenvalue weighted by Gasteiger charge is -2.05. The lowest BCUT2D eigenvalue weighted by molar-refractivity contribution is -0.111. The maximum Gasteiger partial charge on any atom is 0.339 e. The third-order valence-corrected chi connectivity index (χ3v) is 5.31. The van der Waals surface area contributed by atoms with Crippen molar-refractivity contribution < 1.29 is 14.7 Å². The number of thiophene rings is 1. The minimum atomic E-state index is -1.12. The molecular weight excluding hydrogens is 405 g/mol. The van der Waals surface area contributed by atoms with Crippen molar-refractivity contribution in [3.63, 3.8) is 0 Å². The quantitative estimate of drug-likeness (QED) is 0.494. The fraction of sp³-hybridized carbons (Fsp3) is 0. The Balaban J connectivity index is 1.85. The smallest absolute Gasteiger partial charge is 0.339 e. The van der Waals surface area contributed by atoms with Gasteiger partial charge in [-0.15, -0.1) is 11.3 Å². The average molecular weight is 418 g/mol. The number of halogens is 2. The fourth-order valence-electron chi connectivity index (χ4n) is 2.43. The molecule has 0 aliphatic carbocycles. The van der Waals surface area contributed by atoms with Gasteiger partial charge in [0, 0.05) is 21.5 Å². The molecule has 0 bridgehead atoms. The molecule has 0 aliphatic rings. The summed E-state index contributed by atoms with van der Waals surface area (Å²) in [5.74, 6) is -1.57. The van der Waals surface area contributed by atoms with Crippen molar-refractivity contribution in [2.24, 2.45) is 0 Å². The number of amides is 1. The molecule has 7 heteroatoms. The van der Waals surface area contributed by atoms with Crippen LogP contribution in [-0.4, -0.2) is 17.0 Å². The molecule has 2 aromatic carbocycles. The SMILES string of the molecule is O=C(/C=C/c1ccccc1Cl)Nc1csc(-c2ccc(Cl)cc2)c1C(=O)O. The fourth-order valence-corrected chi connectivity index (χ4v) is 3.75. The molecule has 0 atom stereocenters. The highest BCUT2D eigenvalue weighted by Gasteiger charge is 2.20. The highest BCUT2D eigenvalue weighted by molar-refractivity contribution is 7.14. The van der Waals surface area contributed by atoms with E-state index < -0.39 is 11.9 Å². The van der Waals surface area contributed by atoms with Crippen LogP contribution in [0, 0.1) is 0 Å². The molecule has 0 aliphatic heterocycles. The summed E-state index contributed by atoms with van der Waals surface area (Å²) in [5, 5.41) is 14.9. The Morgan fingerprint density at radius 1 is 1.04 bits per heavy atom. The number of carboxylic acids is 1. The van der Waals surface area contributed by atoms with Crippen molar-refractivity contribution in [1.82, 2.24) is 0 Å². The van der Waals surface area contributed by atoms with E-state index in [0.29, 0.717) is 26.0 Å². The van der Waals surface area contributed by atoms with E-state index in [2.05, 4.69) is 5.32 Å². The second-order valence-electron chi connectivity index (χ2n) is 5.51. The average Bonchev–Trinajstić information content (AvgIpc) is 3.05. The second kappa shape index (κ2) is 8.39. The van der Waals surface area contributed by atoms with Crippen LogP contribution in [0.2, 0.25) is 10.0 Å². The van der Waals surface area contributed by atoms with Crippen LogP contribution in [-0.2, 0) is 4.79 Å². The number of carbonyl (C=O) groups is 2. The van der Waals surface area contributed by atoms with Gasteiger partial charge >= 0.3 is 5.97 Å². The van der Waals surface area contributed by atoms with Gasteiger partial charge in [0.05, 0.1) is 10.6 Å². The zero-order valence-corrected chi connectivity index (χ0v) is 16.1. The van der Waals surface area contributed by atoms with Gasteiger partial charge in [0.1, 0.15) is 5.56 Å². The molecule has 1 amide bonds. The summed E-state index contributed by atoms with van der Waals surface area (Å²) in [6.45, 7) is 0. The molecule has 136 valence electrons. The van der Waals surface area contributed by atoms with E-state index in [9.17, 15) is 14.7 Å². The van der Waals surface area contributed by atoms with Gasteiger partial charge in [0.2, 0.25) is 5.91 Å². The first-order valence-electron chi connectivity index (χ1n) is 7.80. The monoisotopic (exact) mass is 417 g/mol. The molecule has 0 radical (unpaired) electrons. The van der Waals surface area contributed by atoms with Crippen LogP contribution in [0.5, 0.6) is 0 Å². The van der Waals surface area contributed by atoms with Crippen LogP contribution in [0.25, 0.3) is 16.5 Å². The Bertz CT molecular complexity index is 1030. The molecule has 1 heterocycles. The third kappa shape index (κ3) is 4.57. The van der Waals surface area contributed by atoms with E-state index in [4.69, 9.17) is 23.2 Å². The number of carboxylic acid groups (broad SMARTS) is 1. The number of nitrogens with one attached hydrogen (secondary N) is 1. The summed E-state index contributed by atoms with van der Waals surface area (Å²) in [6.07, 6.45) is 2.89. The summed E-state index contributed by atoms with van der Waals surface area (Å²) < 4.78 is 0. The number of rotatable bonds is 5. The van der Waals surface area contributed by atoms with Gasteiger partial charge in [-0.2, -0.15) is 0 Å². The Kier molecular flexibility index (Phi) is 5.96. The molecule has 0 fully saturated rings. The molecule has 0 saturated carbocycles. The lowest BCUT2D eigenvalue weighted by atomic mass is 10.1. The molecule has 27 heavy (non-hydrogen) atoms. The number of benzene rings is 2. The Hall–Kier alpha value is -2.60. The topological polar surface area (TPSA) is 66.4 Å². The Morgan fingerprint density at radius 2 is 1.74 bits per heavy atom. The zero-order valence-electron chi connectivity index (χ0n) is 13.8. The minimum Gasteiger partial charge on any atom is -0.478 e. The maximum atomic E-state index is 12.2. The predicted octanol–water partition coefficient (Wildman–Crippen LogP) is 6.07. The lowest BCUT2D eigenvalue weighted by Crippen LogP contribution is -2.11. The van der Waals surface area contributed by atoms with Crippen LogP contribution in [0.15, 0.2) is 60.0 Å². The van der Waals surface area contributed by atoms with Crippen LogP contribution in [0.1, 0.15) is 15.9 Å².